The van der Waals surface area contributed by atoms with Gasteiger partial charge in [0.25, 0.3) is 10.2 Å². The number of rotatable bonds is 4. The normalized spacial score (nSPS) is 22.5. The second kappa shape index (κ2) is 5.75. The van der Waals surface area contributed by atoms with Crippen molar-refractivity contribution < 1.29 is 18.3 Å². The molecule has 1 saturated heterocycles. The molecule has 0 spiro atoms. The Morgan fingerprint density at radius 3 is 2.70 bits per heavy atom. The van der Waals surface area contributed by atoms with Crippen molar-refractivity contribution in [3.8, 4) is 0 Å². The summed E-state index contributed by atoms with van der Waals surface area (Å²) >= 11 is 0. The molecule has 2 rings (SSSR count). The van der Waals surface area contributed by atoms with Crippen LogP contribution >= 0.6 is 0 Å². The van der Waals surface area contributed by atoms with Gasteiger partial charge in [-0.25, -0.2) is 5.14 Å². The number of nitrogens with one attached hydrogen (secondary N) is 3. The quantitative estimate of drug-likeness (QED) is 0.484. The van der Waals surface area contributed by atoms with Gasteiger partial charge in [-0.2, -0.15) is 8.42 Å². The van der Waals surface area contributed by atoms with Crippen molar-refractivity contribution in [2.75, 3.05) is 16.6 Å². The molecule has 1 aromatic rings. The lowest BCUT2D eigenvalue weighted by Crippen LogP contribution is -2.35. The molecule has 0 aromatic heterocycles. The highest BCUT2D eigenvalue weighted by Gasteiger charge is 2.27. The monoisotopic (exact) mass is 300 g/mol. The summed E-state index contributed by atoms with van der Waals surface area (Å²) < 4.78 is 24.0. The fourth-order valence-electron chi connectivity index (χ4n) is 1.97. The van der Waals surface area contributed by atoms with Crippen LogP contribution in [0.2, 0.25) is 0 Å². The van der Waals surface area contributed by atoms with E-state index in [9.17, 15) is 18.3 Å². The van der Waals surface area contributed by atoms with Crippen molar-refractivity contribution in [1.29, 1.82) is 0 Å². The Balaban J connectivity index is 2.02. The molecule has 0 bridgehead atoms. The number of nitrogens with two attached hydrogens (primary N) is 1. The first-order valence-corrected chi connectivity index (χ1v) is 7.51. The number of carbonyl (C=O) groups is 1. The van der Waals surface area contributed by atoms with Crippen LogP contribution in [0.15, 0.2) is 24.3 Å². The molecule has 1 aliphatic rings. The molecule has 0 radical (unpaired) electrons. The Morgan fingerprint density at radius 1 is 1.40 bits per heavy atom. The average molecular weight is 300 g/mol. The summed E-state index contributed by atoms with van der Waals surface area (Å²) in [5.74, 6) is -0.283. The zero-order valence-corrected chi connectivity index (χ0v) is 11.4. The largest absolute Gasteiger partial charge is 0.392 e. The lowest BCUT2D eigenvalue weighted by Gasteiger charge is -2.12. The summed E-state index contributed by atoms with van der Waals surface area (Å²) in [6.45, 7) is 0.380. The second-order valence-electron chi connectivity index (χ2n) is 4.57. The lowest BCUT2D eigenvalue weighted by molar-refractivity contribution is -0.117. The van der Waals surface area contributed by atoms with E-state index >= 15 is 0 Å². The maximum Gasteiger partial charge on any atom is 0.296 e. The third kappa shape index (κ3) is 4.17. The van der Waals surface area contributed by atoms with E-state index in [2.05, 4.69) is 15.4 Å². The number of anilines is 2. The Morgan fingerprint density at radius 2 is 2.10 bits per heavy atom. The van der Waals surface area contributed by atoms with Gasteiger partial charge >= 0.3 is 0 Å². The molecule has 2 atom stereocenters. The van der Waals surface area contributed by atoms with Crippen LogP contribution in [0, 0.1) is 0 Å². The first kappa shape index (κ1) is 14.7. The van der Waals surface area contributed by atoms with Crippen LogP contribution in [0.3, 0.4) is 0 Å². The Bertz CT molecular complexity index is 604. The average Bonchev–Trinajstić information content (AvgIpc) is 2.74. The minimum atomic E-state index is -3.85. The van der Waals surface area contributed by atoms with Gasteiger partial charge in [-0.15, -0.1) is 0 Å². The van der Waals surface area contributed by atoms with Crippen LogP contribution in [0.5, 0.6) is 0 Å². The van der Waals surface area contributed by atoms with Crippen molar-refractivity contribution in [2.45, 2.75) is 18.6 Å². The molecule has 20 heavy (non-hydrogen) atoms. The van der Waals surface area contributed by atoms with Crippen LogP contribution in [0.1, 0.15) is 6.42 Å². The molecule has 1 amide bonds. The SMILES string of the molecule is NS(=O)(=O)Nc1cccc(NC(=O)C2CC(O)CN2)c1. The molecule has 1 heterocycles. The van der Waals surface area contributed by atoms with E-state index in [-0.39, 0.29) is 11.6 Å². The van der Waals surface area contributed by atoms with Gasteiger partial charge in [0.2, 0.25) is 5.91 Å². The summed E-state index contributed by atoms with van der Waals surface area (Å²) in [7, 11) is -3.85. The van der Waals surface area contributed by atoms with Crippen LogP contribution in [0.25, 0.3) is 0 Å². The van der Waals surface area contributed by atoms with E-state index in [0.29, 0.717) is 18.7 Å². The Kier molecular flexibility index (Phi) is 4.23. The summed E-state index contributed by atoms with van der Waals surface area (Å²) in [6.07, 6.45) is -0.179. The van der Waals surface area contributed by atoms with Gasteiger partial charge in [0, 0.05) is 12.2 Å². The topological polar surface area (TPSA) is 134 Å². The molecule has 1 fully saturated rings. The fourth-order valence-corrected chi connectivity index (χ4v) is 2.43. The molecule has 2 unspecified atom stereocenters. The molecule has 1 aliphatic heterocycles. The molecular formula is C11H16N4O4S. The number of hydrogen-bond acceptors (Lipinski definition) is 5. The second-order valence-corrected chi connectivity index (χ2v) is 5.86. The third-order valence-corrected chi connectivity index (χ3v) is 3.33. The van der Waals surface area contributed by atoms with Gasteiger partial charge in [0.1, 0.15) is 0 Å². The lowest BCUT2D eigenvalue weighted by atomic mass is 10.2. The Labute approximate surface area is 116 Å². The smallest absolute Gasteiger partial charge is 0.296 e. The van der Waals surface area contributed by atoms with E-state index in [4.69, 9.17) is 5.14 Å². The molecule has 110 valence electrons. The van der Waals surface area contributed by atoms with Crippen molar-refractivity contribution in [2.24, 2.45) is 5.14 Å². The molecule has 8 nitrogen and oxygen atoms in total. The van der Waals surface area contributed by atoms with Gasteiger partial charge < -0.3 is 15.7 Å². The zero-order chi connectivity index (χ0) is 14.8. The molecule has 0 saturated carbocycles. The predicted molar refractivity (Wildman–Crippen MR) is 74.2 cm³/mol. The predicted octanol–water partition coefficient (Wildman–Crippen LogP) is -1.04. The fraction of sp³-hybridized carbons (Fsp3) is 0.364. The number of carbonyl (C=O) groups excluding carboxylic acids is 1. The van der Waals surface area contributed by atoms with Crippen molar-refractivity contribution in [3.05, 3.63) is 24.3 Å². The summed E-state index contributed by atoms with van der Waals surface area (Å²) in [5, 5.41) is 19.8. The van der Waals surface area contributed by atoms with Crippen molar-refractivity contribution >= 4 is 27.5 Å². The highest BCUT2D eigenvalue weighted by molar-refractivity contribution is 7.90. The van der Waals surface area contributed by atoms with Gasteiger partial charge in [0.15, 0.2) is 0 Å². The number of benzene rings is 1. The molecule has 1 aromatic carbocycles. The van der Waals surface area contributed by atoms with Crippen LogP contribution in [-0.4, -0.2) is 38.1 Å². The van der Waals surface area contributed by atoms with E-state index in [1.165, 1.54) is 12.1 Å². The Hall–Kier alpha value is -1.68. The maximum atomic E-state index is 11.9. The molecular weight excluding hydrogens is 284 g/mol. The number of aliphatic hydroxyl groups excluding tert-OH is 1. The number of amides is 1. The van der Waals surface area contributed by atoms with Crippen molar-refractivity contribution in [1.82, 2.24) is 5.32 Å². The maximum absolute atomic E-state index is 11.9. The minimum Gasteiger partial charge on any atom is -0.392 e. The first-order chi connectivity index (χ1) is 9.33. The van der Waals surface area contributed by atoms with E-state index < -0.39 is 22.4 Å². The van der Waals surface area contributed by atoms with Crippen molar-refractivity contribution in [3.63, 3.8) is 0 Å². The highest BCUT2D eigenvalue weighted by atomic mass is 32.2. The van der Waals surface area contributed by atoms with Crippen LogP contribution < -0.4 is 20.5 Å². The van der Waals surface area contributed by atoms with Crippen LogP contribution in [0.4, 0.5) is 11.4 Å². The van der Waals surface area contributed by atoms with E-state index in [1.54, 1.807) is 12.1 Å². The standard InChI is InChI=1S/C11H16N4O4S/c12-20(18,19)15-8-3-1-2-7(4-8)14-11(17)10-5-9(16)6-13-10/h1-4,9-10,13,15-16H,5-6H2,(H,14,17)(H2,12,18,19). The first-order valence-electron chi connectivity index (χ1n) is 5.96. The molecule has 0 aliphatic carbocycles. The summed E-state index contributed by atoms with van der Waals surface area (Å²) in [6, 6.07) is 5.71. The zero-order valence-electron chi connectivity index (χ0n) is 10.5. The van der Waals surface area contributed by atoms with E-state index in [1.807, 2.05) is 0 Å². The number of hydrogen-bond donors (Lipinski definition) is 5. The highest BCUT2D eigenvalue weighted by Crippen LogP contribution is 2.17. The number of aliphatic hydroxyl groups is 1. The van der Waals surface area contributed by atoms with Crippen LogP contribution in [-0.2, 0) is 15.0 Å². The number of β-amino-alcohol motifs (C(OH)–C–C–N with tert-alkyl or cyclic N) is 1. The minimum absolute atomic E-state index is 0.254. The molecule has 9 heteroatoms. The van der Waals surface area contributed by atoms with Gasteiger partial charge in [-0.1, -0.05) is 6.07 Å². The third-order valence-electron chi connectivity index (χ3n) is 2.81. The van der Waals surface area contributed by atoms with Gasteiger partial charge in [-0.05, 0) is 24.6 Å². The van der Waals surface area contributed by atoms with Gasteiger partial charge in [0.05, 0.1) is 17.8 Å². The van der Waals surface area contributed by atoms with Gasteiger partial charge in [-0.3, -0.25) is 9.52 Å². The molecule has 6 N–H and O–H groups in total. The van der Waals surface area contributed by atoms with E-state index in [0.717, 1.165) is 0 Å². The summed E-state index contributed by atoms with van der Waals surface area (Å²) in [5.41, 5.74) is 0.691. The summed E-state index contributed by atoms with van der Waals surface area (Å²) in [4.78, 5) is 11.9.